The second-order valence-corrected chi connectivity index (χ2v) is 7.07. The molecule has 1 aromatic heterocycles. The number of anilines is 1. The van der Waals surface area contributed by atoms with Gasteiger partial charge in [-0.3, -0.25) is 9.59 Å². The Morgan fingerprint density at radius 3 is 2.86 bits per heavy atom. The molecule has 1 aliphatic heterocycles. The Kier molecular flexibility index (Phi) is 5.35. The molecule has 3 aromatic rings. The minimum Gasteiger partial charge on any atom is -0.326 e. The average Bonchev–Trinajstić information content (AvgIpc) is 2.70. The summed E-state index contributed by atoms with van der Waals surface area (Å²) in [4.78, 5) is 24.5. The van der Waals surface area contributed by atoms with Crippen LogP contribution >= 0.6 is 0 Å². The zero-order valence-corrected chi connectivity index (χ0v) is 15.7. The summed E-state index contributed by atoms with van der Waals surface area (Å²) in [5.41, 5.74) is 5.36. The van der Waals surface area contributed by atoms with Crippen LogP contribution in [0.5, 0.6) is 0 Å². The minimum atomic E-state index is -0.0414. The molecule has 4 rings (SSSR count). The summed E-state index contributed by atoms with van der Waals surface area (Å²) in [5, 5.41) is 6.36. The van der Waals surface area contributed by atoms with E-state index < -0.39 is 0 Å². The highest BCUT2D eigenvalue weighted by atomic mass is 16.1. The quantitative estimate of drug-likeness (QED) is 0.723. The lowest BCUT2D eigenvalue weighted by Crippen LogP contribution is -2.25. The molecule has 0 bridgehead atoms. The smallest absolute Gasteiger partial charge is 0.250 e. The van der Waals surface area contributed by atoms with Crippen molar-refractivity contribution < 1.29 is 4.79 Å². The zero-order chi connectivity index (χ0) is 19.3. The van der Waals surface area contributed by atoms with E-state index in [0.717, 1.165) is 36.3 Å². The molecule has 2 heterocycles. The molecule has 142 valence electrons. The van der Waals surface area contributed by atoms with E-state index in [2.05, 4.69) is 16.7 Å². The van der Waals surface area contributed by atoms with Crippen molar-refractivity contribution in [3.63, 3.8) is 0 Å². The Morgan fingerprint density at radius 1 is 1.07 bits per heavy atom. The number of carbonyl (C=O) groups is 1. The second kappa shape index (κ2) is 8.23. The van der Waals surface area contributed by atoms with Crippen molar-refractivity contribution in [2.45, 2.75) is 25.9 Å². The van der Waals surface area contributed by atoms with Crippen molar-refractivity contribution in [1.82, 2.24) is 9.88 Å². The van der Waals surface area contributed by atoms with Gasteiger partial charge in [-0.05, 0) is 53.4 Å². The van der Waals surface area contributed by atoms with E-state index in [1.165, 1.54) is 11.1 Å². The Labute approximate surface area is 164 Å². The molecule has 0 unspecified atom stereocenters. The fourth-order valence-corrected chi connectivity index (χ4v) is 3.69. The number of fused-ring (bicyclic) bond motifs is 1. The largest absolute Gasteiger partial charge is 0.326 e. The Bertz CT molecular complexity index is 1060. The molecule has 1 aliphatic rings. The fraction of sp³-hybridized carbons (Fsp3) is 0.217. The number of amides is 1. The Balaban J connectivity index is 1.45. The molecule has 0 spiro atoms. The molecule has 0 fully saturated rings. The van der Waals surface area contributed by atoms with Crippen molar-refractivity contribution in [2.75, 3.05) is 11.9 Å². The highest BCUT2D eigenvalue weighted by Crippen LogP contribution is 2.20. The Morgan fingerprint density at radius 2 is 1.96 bits per heavy atom. The van der Waals surface area contributed by atoms with E-state index in [0.29, 0.717) is 13.0 Å². The first-order valence-corrected chi connectivity index (χ1v) is 9.54. The number of pyridine rings is 1. The molecule has 0 radical (unpaired) electrons. The maximum atomic E-state index is 12.6. The van der Waals surface area contributed by atoms with Crippen LogP contribution in [-0.4, -0.2) is 17.0 Å². The van der Waals surface area contributed by atoms with Gasteiger partial charge in [0.2, 0.25) is 5.91 Å². The number of rotatable bonds is 5. The van der Waals surface area contributed by atoms with Gasteiger partial charge in [0.1, 0.15) is 0 Å². The van der Waals surface area contributed by atoms with E-state index in [1.807, 2.05) is 42.5 Å². The van der Waals surface area contributed by atoms with Gasteiger partial charge in [-0.15, -0.1) is 0 Å². The van der Waals surface area contributed by atoms with Gasteiger partial charge in [0.15, 0.2) is 0 Å². The molecule has 2 aromatic carbocycles. The first kappa shape index (κ1) is 18.2. The SMILES string of the molecule is O=C(Cc1cccc2c1CCNC2)Nc1cccc(Cn2ccccc2=O)c1. The van der Waals surface area contributed by atoms with E-state index in [1.54, 1.807) is 22.9 Å². The van der Waals surface area contributed by atoms with Crippen LogP contribution in [0.2, 0.25) is 0 Å². The van der Waals surface area contributed by atoms with Gasteiger partial charge >= 0.3 is 0 Å². The number of aromatic nitrogens is 1. The summed E-state index contributed by atoms with van der Waals surface area (Å²) in [6.07, 6.45) is 3.09. The molecule has 1 amide bonds. The standard InChI is InChI=1S/C23H23N3O2/c27-22(14-18-6-4-7-19-15-24-11-10-21(18)19)25-20-8-3-5-17(13-20)16-26-12-2-1-9-23(26)28/h1-9,12-13,24H,10-11,14-16H2,(H,25,27). The number of benzene rings is 2. The zero-order valence-electron chi connectivity index (χ0n) is 15.7. The molecule has 5 heteroatoms. The van der Waals surface area contributed by atoms with Gasteiger partial charge < -0.3 is 15.2 Å². The van der Waals surface area contributed by atoms with Crippen molar-refractivity contribution in [3.8, 4) is 0 Å². The third-order valence-corrected chi connectivity index (χ3v) is 5.05. The van der Waals surface area contributed by atoms with Crippen molar-refractivity contribution in [2.24, 2.45) is 0 Å². The number of hydrogen-bond acceptors (Lipinski definition) is 3. The summed E-state index contributed by atoms with van der Waals surface area (Å²) < 4.78 is 1.64. The molecule has 0 aliphatic carbocycles. The first-order valence-electron chi connectivity index (χ1n) is 9.54. The maximum absolute atomic E-state index is 12.6. The highest BCUT2D eigenvalue weighted by molar-refractivity contribution is 5.92. The van der Waals surface area contributed by atoms with Crippen LogP contribution < -0.4 is 16.2 Å². The number of hydrogen-bond donors (Lipinski definition) is 2. The molecule has 5 nitrogen and oxygen atoms in total. The number of carbonyl (C=O) groups excluding carboxylic acids is 1. The van der Waals surface area contributed by atoms with E-state index >= 15 is 0 Å². The summed E-state index contributed by atoms with van der Waals surface area (Å²) in [6.45, 7) is 2.29. The van der Waals surface area contributed by atoms with Gasteiger partial charge in [0.25, 0.3) is 5.56 Å². The lowest BCUT2D eigenvalue weighted by atomic mass is 9.93. The van der Waals surface area contributed by atoms with Crippen molar-refractivity contribution in [3.05, 3.63) is 99.5 Å². The van der Waals surface area contributed by atoms with Crippen LogP contribution in [0, 0.1) is 0 Å². The molecule has 0 atom stereocenters. The summed E-state index contributed by atoms with van der Waals surface area (Å²) in [6, 6.07) is 18.9. The lowest BCUT2D eigenvalue weighted by Gasteiger charge is -2.20. The van der Waals surface area contributed by atoms with Crippen LogP contribution in [0.4, 0.5) is 5.69 Å². The van der Waals surface area contributed by atoms with Crippen molar-refractivity contribution in [1.29, 1.82) is 0 Å². The highest BCUT2D eigenvalue weighted by Gasteiger charge is 2.14. The van der Waals surface area contributed by atoms with Gasteiger partial charge in [-0.2, -0.15) is 0 Å². The van der Waals surface area contributed by atoms with Crippen molar-refractivity contribution >= 4 is 11.6 Å². The van der Waals surface area contributed by atoms with Gasteiger partial charge in [-0.1, -0.05) is 36.4 Å². The first-order chi connectivity index (χ1) is 13.7. The number of nitrogens with zero attached hydrogens (tertiary/aromatic N) is 1. The van der Waals surface area contributed by atoms with E-state index in [4.69, 9.17) is 0 Å². The lowest BCUT2D eigenvalue weighted by molar-refractivity contribution is -0.115. The molecule has 0 saturated heterocycles. The van der Waals surface area contributed by atoms with Gasteiger partial charge in [0.05, 0.1) is 13.0 Å². The summed E-state index contributed by atoms with van der Waals surface area (Å²) >= 11 is 0. The predicted octanol–water partition coefficient (Wildman–Crippen LogP) is 2.72. The minimum absolute atomic E-state index is 0.0269. The Hall–Kier alpha value is -3.18. The third-order valence-electron chi connectivity index (χ3n) is 5.05. The van der Waals surface area contributed by atoms with Crippen LogP contribution in [0.3, 0.4) is 0 Å². The second-order valence-electron chi connectivity index (χ2n) is 7.07. The summed E-state index contributed by atoms with van der Waals surface area (Å²) in [5.74, 6) is -0.0269. The van der Waals surface area contributed by atoms with Crippen LogP contribution in [0.25, 0.3) is 0 Å². The maximum Gasteiger partial charge on any atom is 0.250 e. The van der Waals surface area contributed by atoms with E-state index in [-0.39, 0.29) is 11.5 Å². The van der Waals surface area contributed by atoms with Crippen LogP contribution in [-0.2, 0) is 30.7 Å². The van der Waals surface area contributed by atoms with E-state index in [9.17, 15) is 9.59 Å². The molecular weight excluding hydrogens is 350 g/mol. The van der Waals surface area contributed by atoms with Crippen LogP contribution in [0.15, 0.2) is 71.7 Å². The van der Waals surface area contributed by atoms with Gasteiger partial charge in [0, 0.05) is 24.5 Å². The molecule has 0 saturated carbocycles. The molecule has 2 N–H and O–H groups in total. The fourth-order valence-electron chi connectivity index (χ4n) is 3.69. The average molecular weight is 373 g/mol. The van der Waals surface area contributed by atoms with Gasteiger partial charge in [-0.25, -0.2) is 0 Å². The topological polar surface area (TPSA) is 63.1 Å². The number of nitrogens with one attached hydrogen (secondary N) is 2. The predicted molar refractivity (Wildman–Crippen MR) is 110 cm³/mol. The summed E-state index contributed by atoms with van der Waals surface area (Å²) in [7, 11) is 0. The normalized spacial score (nSPS) is 13.0. The molecule has 28 heavy (non-hydrogen) atoms. The molecular formula is C23H23N3O2. The van der Waals surface area contributed by atoms with Crippen LogP contribution in [0.1, 0.15) is 22.3 Å². The third kappa shape index (κ3) is 4.21. The monoisotopic (exact) mass is 373 g/mol.